The maximum absolute atomic E-state index is 12.8. The summed E-state index contributed by atoms with van der Waals surface area (Å²) >= 11 is 3.26. The van der Waals surface area contributed by atoms with Gasteiger partial charge in [0.25, 0.3) is 0 Å². The first-order valence-corrected chi connectivity index (χ1v) is 7.26. The topological polar surface area (TPSA) is 25.2 Å². The summed E-state index contributed by atoms with van der Waals surface area (Å²) in [4.78, 5) is 0. The Morgan fingerprint density at radius 3 is 2.52 bits per heavy atom. The third-order valence-corrected chi connectivity index (χ3v) is 3.60. The fourth-order valence-corrected chi connectivity index (χ4v) is 2.25. The predicted molar refractivity (Wildman–Crippen MR) is 78.8 cm³/mol. The van der Waals surface area contributed by atoms with Crippen molar-refractivity contribution in [3.63, 3.8) is 0 Å². The highest BCUT2D eigenvalue weighted by Crippen LogP contribution is 2.36. The van der Waals surface area contributed by atoms with Gasteiger partial charge in [-0.05, 0) is 30.3 Å². The van der Waals surface area contributed by atoms with Crippen molar-refractivity contribution in [2.75, 3.05) is 0 Å². The fourth-order valence-electron chi connectivity index (χ4n) is 1.81. The van der Waals surface area contributed by atoms with Gasteiger partial charge in [-0.3, -0.25) is 0 Å². The molecular formula is C15H15BrF3NO. The van der Waals surface area contributed by atoms with Gasteiger partial charge in [0.2, 0.25) is 0 Å². The number of nitrogens with one attached hydrogen (secondary N) is 1. The van der Waals surface area contributed by atoms with Crippen molar-refractivity contribution in [2.45, 2.75) is 32.6 Å². The zero-order chi connectivity index (χ0) is 15.6. The second kappa shape index (κ2) is 6.23. The molecule has 0 amide bonds. The molecule has 0 radical (unpaired) electrons. The number of halogens is 4. The first kappa shape index (κ1) is 16.1. The lowest BCUT2D eigenvalue weighted by molar-refractivity contribution is -0.137. The molecule has 0 fully saturated rings. The van der Waals surface area contributed by atoms with Gasteiger partial charge in [0.05, 0.1) is 12.1 Å². The zero-order valence-electron chi connectivity index (χ0n) is 11.6. The number of hydrogen-bond acceptors (Lipinski definition) is 2. The molecule has 0 spiro atoms. The van der Waals surface area contributed by atoms with Gasteiger partial charge in [-0.15, -0.1) is 0 Å². The first-order chi connectivity index (χ1) is 9.77. The van der Waals surface area contributed by atoms with E-state index in [4.69, 9.17) is 4.42 Å². The Kier molecular flexibility index (Phi) is 4.78. The smallest absolute Gasteiger partial charge is 0.416 e. The van der Waals surface area contributed by atoms with Gasteiger partial charge in [-0.1, -0.05) is 29.8 Å². The highest BCUT2D eigenvalue weighted by atomic mass is 79.9. The first-order valence-electron chi connectivity index (χ1n) is 6.46. The van der Waals surface area contributed by atoms with Gasteiger partial charge < -0.3 is 9.73 Å². The zero-order valence-corrected chi connectivity index (χ0v) is 13.2. The largest absolute Gasteiger partial charge is 0.460 e. The normalized spacial score (nSPS) is 12.1. The van der Waals surface area contributed by atoms with E-state index >= 15 is 0 Å². The Morgan fingerprint density at radius 2 is 1.90 bits per heavy atom. The minimum atomic E-state index is -4.37. The minimum Gasteiger partial charge on any atom is -0.460 e. The molecule has 2 aromatic rings. The van der Waals surface area contributed by atoms with Crippen LogP contribution in [0.2, 0.25) is 0 Å². The van der Waals surface area contributed by atoms with E-state index < -0.39 is 11.7 Å². The van der Waals surface area contributed by atoms with Crippen LogP contribution < -0.4 is 5.32 Å². The summed E-state index contributed by atoms with van der Waals surface area (Å²) < 4.78 is 44.5. The number of hydrogen-bond donors (Lipinski definition) is 1. The van der Waals surface area contributed by atoms with E-state index in [1.165, 1.54) is 6.07 Å². The van der Waals surface area contributed by atoms with Crippen molar-refractivity contribution in [1.29, 1.82) is 0 Å². The molecule has 6 heteroatoms. The molecule has 0 atom stereocenters. The number of alkyl halides is 3. The molecule has 0 bridgehead atoms. The van der Waals surface area contributed by atoms with Crippen LogP contribution >= 0.6 is 15.9 Å². The van der Waals surface area contributed by atoms with Gasteiger partial charge in [0.15, 0.2) is 0 Å². The molecule has 0 aliphatic carbocycles. The van der Waals surface area contributed by atoms with Crippen LogP contribution in [0.3, 0.4) is 0 Å². The predicted octanol–water partition coefficient (Wildman–Crippen LogP) is 5.23. The molecular weight excluding hydrogens is 347 g/mol. The van der Waals surface area contributed by atoms with Crippen molar-refractivity contribution in [1.82, 2.24) is 5.32 Å². The Hall–Kier alpha value is -1.27. The van der Waals surface area contributed by atoms with Crippen molar-refractivity contribution in [3.8, 4) is 11.3 Å². The molecule has 21 heavy (non-hydrogen) atoms. The Balaban J connectivity index is 2.29. The standard InChI is InChI=1S/C15H15BrF3NO/c1-9(2)20-8-11-4-6-14(21-11)12-7-10(15(17,18)19)3-5-13(12)16/h3-7,9,20H,8H2,1-2H3. The lowest BCUT2D eigenvalue weighted by atomic mass is 10.1. The highest BCUT2D eigenvalue weighted by Gasteiger charge is 2.31. The van der Waals surface area contributed by atoms with Gasteiger partial charge in [0, 0.05) is 16.1 Å². The third-order valence-electron chi connectivity index (χ3n) is 2.91. The van der Waals surface area contributed by atoms with Crippen LogP contribution in [0.5, 0.6) is 0 Å². The SMILES string of the molecule is CC(C)NCc1ccc(-c2cc(C(F)(F)F)ccc2Br)o1. The summed E-state index contributed by atoms with van der Waals surface area (Å²) in [6.07, 6.45) is -4.37. The molecule has 1 aromatic carbocycles. The summed E-state index contributed by atoms with van der Waals surface area (Å²) in [5.74, 6) is 1.09. The minimum absolute atomic E-state index is 0.304. The lowest BCUT2D eigenvalue weighted by Gasteiger charge is -2.09. The van der Waals surface area contributed by atoms with Crippen LogP contribution in [0.25, 0.3) is 11.3 Å². The van der Waals surface area contributed by atoms with E-state index in [0.717, 1.165) is 12.1 Å². The molecule has 0 saturated heterocycles. The van der Waals surface area contributed by atoms with Crippen molar-refractivity contribution in [3.05, 3.63) is 46.1 Å². The van der Waals surface area contributed by atoms with E-state index in [1.54, 1.807) is 12.1 Å². The Morgan fingerprint density at radius 1 is 1.19 bits per heavy atom. The van der Waals surface area contributed by atoms with Gasteiger partial charge >= 0.3 is 6.18 Å². The molecule has 1 aromatic heterocycles. The van der Waals surface area contributed by atoms with Gasteiger partial charge in [-0.2, -0.15) is 13.2 Å². The number of furan rings is 1. The van der Waals surface area contributed by atoms with E-state index in [2.05, 4.69) is 21.2 Å². The van der Waals surface area contributed by atoms with Crippen molar-refractivity contribution >= 4 is 15.9 Å². The fraction of sp³-hybridized carbons (Fsp3) is 0.333. The van der Waals surface area contributed by atoms with Crippen LogP contribution in [0.4, 0.5) is 13.2 Å². The van der Waals surface area contributed by atoms with E-state index in [1.807, 2.05) is 13.8 Å². The van der Waals surface area contributed by atoms with Crippen LogP contribution in [-0.2, 0) is 12.7 Å². The molecule has 1 N–H and O–H groups in total. The average Bonchev–Trinajstić information content (AvgIpc) is 2.84. The summed E-state index contributed by atoms with van der Waals surface area (Å²) in [5.41, 5.74) is -0.306. The summed E-state index contributed by atoms with van der Waals surface area (Å²) in [7, 11) is 0. The molecule has 2 nitrogen and oxygen atoms in total. The maximum Gasteiger partial charge on any atom is 0.416 e. The average molecular weight is 362 g/mol. The summed E-state index contributed by atoms with van der Waals surface area (Å²) in [6, 6.07) is 7.25. The maximum atomic E-state index is 12.8. The lowest BCUT2D eigenvalue weighted by Crippen LogP contribution is -2.21. The van der Waals surface area contributed by atoms with Crippen LogP contribution in [0.1, 0.15) is 25.2 Å². The molecule has 0 aliphatic heterocycles. The second-order valence-electron chi connectivity index (χ2n) is 4.99. The quantitative estimate of drug-likeness (QED) is 0.806. The monoisotopic (exact) mass is 361 g/mol. The summed E-state index contributed by atoms with van der Waals surface area (Å²) in [5, 5.41) is 3.19. The molecule has 0 saturated carbocycles. The molecule has 0 aliphatic rings. The van der Waals surface area contributed by atoms with Gasteiger partial charge in [-0.25, -0.2) is 0 Å². The molecule has 114 valence electrons. The molecule has 2 rings (SSSR count). The van der Waals surface area contributed by atoms with E-state index in [9.17, 15) is 13.2 Å². The van der Waals surface area contributed by atoms with E-state index in [0.29, 0.717) is 34.1 Å². The Labute approximate surface area is 129 Å². The second-order valence-corrected chi connectivity index (χ2v) is 5.85. The number of benzene rings is 1. The van der Waals surface area contributed by atoms with Crippen LogP contribution in [0.15, 0.2) is 39.2 Å². The Bertz CT molecular complexity index is 620. The highest BCUT2D eigenvalue weighted by molar-refractivity contribution is 9.10. The third kappa shape index (κ3) is 4.11. The summed E-state index contributed by atoms with van der Waals surface area (Å²) in [6.45, 7) is 4.55. The molecule has 0 unspecified atom stereocenters. The van der Waals surface area contributed by atoms with Crippen molar-refractivity contribution in [2.24, 2.45) is 0 Å². The number of rotatable bonds is 4. The van der Waals surface area contributed by atoms with Crippen LogP contribution in [-0.4, -0.2) is 6.04 Å². The van der Waals surface area contributed by atoms with Crippen molar-refractivity contribution < 1.29 is 17.6 Å². The molecule has 1 heterocycles. The van der Waals surface area contributed by atoms with Crippen LogP contribution in [0, 0.1) is 0 Å². The van der Waals surface area contributed by atoms with Gasteiger partial charge in [0.1, 0.15) is 11.5 Å². The van der Waals surface area contributed by atoms with E-state index in [-0.39, 0.29) is 0 Å².